The Balaban J connectivity index is 1.67. The molecule has 0 radical (unpaired) electrons. The third kappa shape index (κ3) is 4.82. The number of benzene rings is 2. The first-order valence-electron chi connectivity index (χ1n) is 9.56. The number of fused-ring (bicyclic) bond motifs is 1. The largest absolute Gasteiger partial charge is 0.491 e. The van der Waals surface area contributed by atoms with E-state index in [0.29, 0.717) is 11.4 Å². The molecule has 1 heterocycles. The summed E-state index contributed by atoms with van der Waals surface area (Å²) in [6.07, 6.45) is -0.938. The van der Waals surface area contributed by atoms with Gasteiger partial charge in [0.1, 0.15) is 18.1 Å². The summed E-state index contributed by atoms with van der Waals surface area (Å²) in [6, 6.07) is 14.2. The van der Waals surface area contributed by atoms with Crippen LogP contribution in [0.5, 0.6) is 11.5 Å². The quantitative estimate of drug-likeness (QED) is 0.747. The first-order chi connectivity index (χ1) is 13.8. The van der Waals surface area contributed by atoms with Crippen LogP contribution >= 0.6 is 0 Å². The van der Waals surface area contributed by atoms with Gasteiger partial charge in [-0.1, -0.05) is 30.3 Å². The van der Waals surface area contributed by atoms with Crippen LogP contribution in [0, 0.1) is 6.92 Å². The average Bonchev–Trinajstić information content (AvgIpc) is 2.72. The van der Waals surface area contributed by atoms with E-state index in [2.05, 4.69) is 5.32 Å². The molecule has 7 nitrogen and oxygen atoms in total. The van der Waals surface area contributed by atoms with Crippen molar-refractivity contribution in [3.8, 4) is 11.5 Å². The topological polar surface area (TPSA) is 84.9 Å². The van der Waals surface area contributed by atoms with Crippen LogP contribution in [-0.2, 0) is 14.8 Å². The Morgan fingerprint density at radius 2 is 1.93 bits per heavy atom. The molecule has 3 rings (SSSR count). The molecule has 2 atom stereocenters. The monoisotopic (exact) mass is 418 g/mol. The van der Waals surface area contributed by atoms with Crippen LogP contribution in [0.25, 0.3) is 0 Å². The Morgan fingerprint density at radius 1 is 1.24 bits per heavy atom. The molecule has 1 aliphatic heterocycles. The van der Waals surface area contributed by atoms with Crippen molar-refractivity contribution < 1.29 is 22.7 Å². The standard InChI is InChI=1S/C21H26N2O5S/c1-4-29(25,26)23-13-20(28-19-12-8-6-10-17(19)23)21(24)22-16(3)14-27-18-11-7-5-9-15(18)2/h5-12,16,20H,4,13-14H2,1-3H3,(H,22,24). The van der Waals surface area contributed by atoms with Crippen molar-refractivity contribution in [3.63, 3.8) is 0 Å². The zero-order chi connectivity index (χ0) is 21.0. The van der Waals surface area contributed by atoms with E-state index in [1.165, 1.54) is 4.31 Å². The van der Waals surface area contributed by atoms with Gasteiger partial charge >= 0.3 is 0 Å². The van der Waals surface area contributed by atoms with Crippen molar-refractivity contribution in [3.05, 3.63) is 54.1 Å². The van der Waals surface area contributed by atoms with Gasteiger partial charge in [-0.25, -0.2) is 8.42 Å². The van der Waals surface area contributed by atoms with Crippen molar-refractivity contribution in [1.82, 2.24) is 5.32 Å². The van der Waals surface area contributed by atoms with Gasteiger partial charge in [-0.2, -0.15) is 0 Å². The molecule has 2 unspecified atom stereocenters. The summed E-state index contributed by atoms with van der Waals surface area (Å²) in [6.45, 7) is 5.58. The molecule has 0 aliphatic carbocycles. The highest BCUT2D eigenvalue weighted by Gasteiger charge is 2.36. The molecule has 0 aromatic heterocycles. The fraction of sp³-hybridized carbons (Fsp3) is 0.381. The number of carbonyl (C=O) groups excluding carboxylic acids is 1. The Morgan fingerprint density at radius 3 is 2.66 bits per heavy atom. The molecule has 0 bridgehead atoms. The first-order valence-corrected chi connectivity index (χ1v) is 11.2. The Labute approximate surface area is 171 Å². The van der Waals surface area contributed by atoms with Crippen molar-refractivity contribution in [2.45, 2.75) is 32.9 Å². The number of sulfonamides is 1. The van der Waals surface area contributed by atoms with E-state index in [1.807, 2.05) is 38.1 Å². The van der Waals surface area contributed by atoms with Gasteiger partial charge in [0.25, 0.3) is 5.91 Å². The third-order valence-corrected chi connectivity index (χ3v) is 6.45. The Bertz CT molecular complexity index is 977. The number of amides is 1. The van der Waals surface area contributed by atoms with E-state index in [-0.39, 0.29) is 30.9 Å². The lowest BCUT2D eigenvalue weighted by Crippen LogP contribution is -2.53. The van der Waals surface area contributed by atoms with Gasteiger partial charge in [-0.05, 0) is 44.5 Å². The molecule has 0 saturated heterocycles. The van der Waals surface area contributed by atoms with Crippen LogP contribution in [0.15, 0.2) is 48.5 Å². The third-order valence-electron chi connectivity index (χ3n) is 4.70. The lowest BCUT2D eigenvalue weighted by Gasteiger charge is -2.34. The van der Waals surface area contributed by atoms with Crippen LogP contribution < -0.4 is 19.1 Å². The fourth-order valence-electron chi connectivity index (χ4n) is 3.07. The molecule has 0 fully saturated rings. The molecule has 2 aromatic rings. The van der Waals surface area contributed by atoms with E-state index >= 15 is 0 Å². The molecule has 156 valence electrons. The molecular formula is C21H26N2O5S. The summed E-state index contributed by atoms with van der Waals surface area (Å²) in [5, 5.41) is 2.85. The van der Waals surface area contributed by atoms with Crippen LogP contribution in [0.4, 0.5) is 5.69 Å². The Hall–Kier alpha value is -2.74. The van der Waals surface area contributed by atoms with Gasteiger partial charge in [-0.15, -0.1) is 0 Å². The van der Waals surface area contributed by atoms with Gasteiger partial charge in [0.05, 0.1) is 24.0 Å². The number of anilines is 1. The highest BCUT2D eigenvalue weighted by atomic mass is 32.2. The number of nitrogens with one attached hydrogen (secondary N) is 1. The predicted molar refractivity (Wildman–Crippen MR) is 112 cm³/mol. The minimum atomic E-state index is -3.53. The predicted octanol–water partition coefficient (Wildman–Crippen LogP) is 2.50. The lowest BCUT2D eigenvalue weighted by molar-refractivity contribution is -0.128. The Kier molecular flexibility index (Phi) is 6.32. The number of para-hydroxylation sites is 3. The van der Waals surface area contributed by atoms with Gasteiger partial charge in [-0.3, -0.25) is 9.10 Å². The molecule has 0 saturated carbocycles. The number of nitrogens with zero attached hydrogens (tertiary/aromatic N) is 1. The van der Waals surface area contributed by atoms with E-state index in [0.717, 1.165) is 11.3 Å². The molecule has 1 N–H and O–H groups in total. The maximum absolute atomic E-state index is 12.7. The normalized spacial score (nSPS) is 17.1. The van der Waals surface area contributed by atoms with E-state index < -0.39 is 16.1 Å². The summed E-state index contributed by atoms with van der Waals surface area (Å²) in [7, 11) is -3.53. The zero-order valence-corrected chi connectivity index (χ0v) is 17.6. The van der Waals surface area contributed by atoms with Gasteiger partial charge < -0.3 is 14.8 Å². The molecule has 1 aliphatic rings. The summed E-state index contributed by atoms with van der Waals surface area (Å²) in [5.41, 5.74) is 1.47. The highest BCUT2D eigenvalue weighted by molar-refractivity contribution is 7.92. The minimum Gasteiger partial charge on any atom is -0.491 e. The average molecular weight is 419 g/mol. The van der Waals surface area contributed by atoms with Gasteiger partial charge in [0.15, 0.2) is 6.10 Å². The number of hydrogen-bond donors (Lipinski definition) is 1. The number of hydrogen-bond acceptors (Lipinski definition) is 5. The highest BCUT2D eigenvalue weighted by Crippen LogP contribution is 2.35. The van der Waals surface area contributed by atoms with Crippen molar-refractivity contribution in [1.29, 1.82) is 0 Å². The number of rotatable bonds is 7. The van der Waals surface area contributed by atoms with Crippen molar-refractivity contribution >= 4 is 21.6 Å². The van der Waals surface area contributed by atoms with E-state index in [9.17, 15) is 13.2 Å². The summed E-state index contributed by atoms with van der Waals surface area (Å²) >= 11 is 0. The zero-order valence-electron chi connectivity index (χ0n) is 16.8. The maximum Gasteiger partial charge on any atom is 0.263 e. The van der Waals surface area contributed by atoms with Crippen molar-refractivity contribution in [2.75, 3.05) is 23.2 Å². The molecular weight excluding hydrogens is 392 g/mol. The fourth-order valence-corrected chi connectivity index (χ4v) is 4.19. The number of carbonyl (C=O) groups is 1. The second-order valence-corrected chi connectivity index (χ2v) is 9.17. The SMILES string of the molecule is CCS(=O)(=O)N1CC(C(=O)NC(C)COc2ccccc2C)Oc2ccccc21. The molecule has 8 heteroatoms. The van der Waals surface area contributed by atoms with Crippen LogP contribution in [0.2, 0.25) is 0 Å². The first kappa shape index (κ1) is 21.0. The van der Waals surface area contributed by atoms with Crippen LogP contribution in [0.1, 0.15) is 19.4 Å². The second kappa shape index (κ2) is 8.73. The molecule has 29 heavy (non-hydrogen) atoms. The maximum atomic E-state index is 12.7. The van der Waals surface area contributed by atoms with Crippen LogP contribution in [-0.4, -0.2) is 45.4 Å². The second-order valence-electron chi connectivity index (χ2n) is 6.99. The molecule has 1 amide bonds. The van der Waals surface area contributed by atoms with E-state index in [1.54, 1.807) is 31.2 Å². The minimum absolute atomic E-state index is 0.0592. The van der Waals surface area contributed by atoms with Gasteiger partial charge in [0.2, 0.25) is 10.0 Å². The summed E-state index contributed by atoms with van der Waals surface area (Å²) < 4.78 is 37.9. The van der Waals surface area contributed by atoms with Crippen molar-refractivity contribution in [2.24, 2.45) is 0 Å². The number of aryl methyl sites for hydroxylation is 1. The summed E-state index contributed by atoms with van der Waals surface area (Å²) in [4.78, 5) is 12.7. The summed E-state index contributed by atoms with van der Waals surface area (Å²) in [5.74, 6) is 0.698. The smallest absolute Gasteiger partial charge is 0.263 e. The van der Waals surface area contributed by atoms with Crippen LogP contribution in [0.3, 0.4) is 0 Å². The molecule has 0 spiro atoms. The molecule has 2 aromatic carbocycles. The van der Waals surface area contributed by atoms with E-state index in [4.69, 9.17) is 9.47 Å². The van der Waals surface area contributed by atoms with Gasteiger partial charge in [0, 0.05) is 0 Å². The number of ether oxygens (including phenoxy) is 2. The lowest BCUT2D eigenvalue weighted by atomic mass is 10.2.